The van der Waals surface area contributed by atoms with E-state index in [4.69, 9.17) is 10.2 Å². The minimum atomic E-state index is -0.664. The van der Waals surface area contributed by atoms with Crippen molar-refractivity contribution in [2.24, 2.45) is 0 Å². The van der Waals surface area contributed by atoms with Crippen LogP contribution in [0.15, 0.2) is 24.3 Å². The molecule has 0 aliphatic heterocycles. The normalized spacial score (nSPS) is 11.3. The predicted octanol–water partition coefficient (Wildman–Crippen LogP) is 13.0. The van der Waals surface area contributed by atoms with Gasteiger partial charge in [-0.15, -0.1) is 0 Å². The van der Waals surface area contributed by atoms with Crippen LogP contribution in [0.3, 0.4) is 0 Å². The van der Waals surface area contributed by atoms with Crippen molar-refractivity contribution in [1.29, 1.82) is 0 Å². The highest BCUT2D eigenvalue weighted by molar-refractivity contribution is 5.66. The van der Waals surface area contributed by atoms with E-state index in [-0.39, 0.29) is 0 Å². The Balaban J connectivity index is 0. The van der Waals surface area contributed by atoms with Gasteiger partial charge in [-0.05, 0) is 64.2 Å². The summed E-state index contributed by atoms with van der Waals surface area (Å²) in [6.07, 6.45) is 45.4. The molecule has 0 saturated heterocycles. The maximum absolute atomic E-state index is 10.4. The molecule has 0 heterocycles. The molecule has 0 fully saturated rings. The van der Waals surface area contributed by atoms with Crippen LogP contribution < -0.4 is 0 Å². The summed E-state index contributed by atoms with van der Waals surface area (Å²) in [5.74, 6) is -1.33. The number of aliphatic carboxylic acids is 2. The first-order valence-corrected chi connectivity index (χ1v) is 18.3. The van der Waals surface area contributed by atoms with Crippen LogP contribution in [-0.2, 0) is 9.59 Å². The lowest BCUT2D eigenvalue weighted by Gasteiger charge is -2.00. The van der Waals surface area contributed by atoms with E-state index < -0.39 is 11.9 Å². The summed E-state index contributed by atoms with van der Waals surface area (Å²) >= 11 is 0. The molecule has 0 rings (SSSR count). The molecule has 0 aromatic heterocycles. The maximum Gasteiger partial charge on any atom is 0.303 e. The Kier molecular flexibility index (Phi) is 39.9. The number of allylic oxidation sites excluding steroid dienone is 4. The van der Waals surface area contributed by atoms with Gasteiger partial charge in [0.1, 0.15) is 0 Å². The fraction of sp³-hybridized carbons (Fsp3) is 0.842. The number of unbranched alkanes of at least 4 members (excludes halogenated alkanes) is 24. The van der Waals surface area contributed by atoms with Gasteiger partial charge < -0.3 is 10.2 Å². The van der Waals surface area contributed by atoms with E-state index in [9.17, 15) is 9.59 Å². The maximum atomic E-state index is 10.4. The third-order valence-electron chi connectivity index (χ3n) is 7.80. The Morgan fingerprint density at radius 1 is 0.357 bits per heavy atom. The summed E-state index contributed by atoms with van der Waals surface area (Å²) in [4.78, 5) is 20.7. The van der Waals surface area contributed by atoms with Crippen molar-refractivity contribution in [1.82, 2.24) is 0 Å². The Hall–Kier alpha value is -1.58. The summed E-state index contributed by atoms with van der Waals surface area (Å²) in [6.45, 7) is 4.53. The number of hydrogen-bond donors (Lipinski definition) is 2. The first-order valence-electron chi connectivity index (χ1n) is 18.3. The number of carboxylic acids is 2. The molecule has 4 nitrogen and oxygen atoms in total. The summed E-state index contributed by atoms with van der Waals surface area (Å²) < 4.78 is 0. The lowest BCUT2D eigenvalue weighted by Crippen LogP contribution is -1.93. The average Bonchev–Trinajstić information content (AvgIpc) is 2.97. The van der Waals surface area contributed by atoms with Crippen molar-refractivity contribution in [2.45, 2.75) is 206 Å². The molecule has 2 N–H and O–H groups in total. The zero-order valence-electron chi connectivity index (χ0n) is 28.2. The first-order chi connectivity index (χ1) is 20.5. The second-order valence-electron chi connectivity index (χ2n) is 12.2. The fourth-order valence-electron chi connectivity index (χ4n) is 5.05. The fourth-order valence-corrected chi connectivity index (χ4v) is 5.05. The highest BCUT2D eigenvalue weighted by Gasteiger charge is 1.97. The van der Waals surface area contributed by atoms with Crippen molar-refractivity contribution in [2.75, 3.05) is 0 Å². The van der Waals surface area contributed by atoms with Gasteiger partial charge in [-0.1, -0.05) is 154 Å². The minimum absolute atomic E-state index is 0.332. The average molecular weight is 593 g/mol. The van der Waals surface area contributed by atoms with Gasteiger partial charge in [-0.2, -0.15) is 0 Å². The van der Waals surface area contributed by atoms with E-state index in [1.807, 2.05) is 0 Å². The van der Waals surface area contributed by atoms with Gasteiger partial charge in [0, 0.05) is 12.8 Å². The van der Waals surface area contributed by atoms with E-state index in [0.29, 0.717) is 12.8 Å². The largest absolute Gasteiger partial charge is 0.481 e. The van der Waals surface area contributed by atoms with Crippen LogP contribution in [0.25, 0.3) is 0 Å². The van der Waals surface area contributed by atoms with Gasteiger partial charge in [0.25, 0.3) is 0 Å². The molecule has 0 aromatic carbocycles. The molecule has 0 aliphatic carbocycles. The van der Waals surface area contributed by atoms with E-state index in [0.717, 1.165) is 25.7 Å². The summed E-state index contributed by atoms with van der Waals surface area (Å²) in [5, 5.41) is 17.0. The number of carbonyl (C=O) groups is 2. The van der Waals surface area contributed by atoms with Gasteiger partial charge >= 0.3 is 11.9 Å². The molecule has 4 heteroatoms. The van der Waals surface area contributed by atoms with Crippen LogP contribution in [0.4, 0.5) is 0 Å². The van der Waals surface area contributed by atoms with Crippen molar-refractivity contribution >= 4 is 11.9 Å². The molecule has 0 atom stereocenters. The van der Waals surface area contributed by atoms with Crippen molar-refractivity contribution in [3.8, 4) is 0 Å². The van der Waals surface area contributed by atoms with E-state index in [1.165, 1.54) is 154 Å². The van der Waals surface area contributed by atoms with E-state index in [2.05, 4.69) is 38.2 Å². The molecule has 0 aromatic rings. The zero-order chi connectivity index (χ0) is 31.2. The lowest BCUT2D eigenvalue weighted by molar-refractivity contribution is -0.138. The highest BCUT2D eigenvalue weighted by atomic mass is 16.4. The van der Waals surface area contributed by atoms with E-state index >= 15 is 0 Å². The smallest absolute Gasteiger partial charge is 0.303 e. The quantitative estimate of drug-likeness (QED) is 0.0602. The molecule has 248 valence electrons. The number of hydrogen-bond acceptors (Lipinski definition) is 2. The molecular formula is C38H72O4. The van der Waals surface area contributed by atoms with Gasteiger partial charge in [0.05, 0.1) is 0 Å². The van der Waals surface area contributed by atoms with Gasteiger partial charge in [-0.25, -0.2) is 0 Å². The summed E-state index contributed by atoms with van der Waals surface area (Å²) in [6, 6.07) is 0. The Morgan fingerprint density at radius 2 is 0.571 bits per heavy atom. The first kappa shape index (κ1) is 42.6. The van der Waals surface area contributed by atoms with Crippen LogP contribution in [0, 0.1) is 0 Å². The molecule has 0 radical (unpaired) electrons. The van der Waals surface area contributed by atoms with Gasteiger partial charge in [-0.3, -0.25) is 9.59 Å². The van der Waals surface area contributed by atoms with Crippen molar-refractivity contribution in [3.63, 3.8) is 0 Å². The molecule has 0 amide bonds. The summed E-state index contributed by atoms with van der Waals surface area (Å²) in [7, 11) is 0. The molecule has 0 aliphatic rings. The minimum Gasteiger partial charge on any atom is -0.481 e. The lowest BCUT2D eigenvalue weighted by atomic mass is 10.1. The molecule has 0 bridgehead atoms. The van der Waals surface area contributed by atoms with Crippen LogP contribution >= 0.6 is 0 Å². The Labute approximate surface area is 262 Å². The Morgan fingerprint density at radius 3 is 0.810 bits per heavy atom. The zero-order valence-corrected chi connectivity index (χ0v) is 28.2. The highest BCUT2D eigenvalue weighted by Crippen LogP contribution is 2.12. The van der Waals surface area contributed by atoms with Crippen molar-refractivity contribution in [3.05, 3.63) is 24.3 Å². The van der Waals surface area contributed by atoms with Crippen LogP contribution in [-0.4, -0.2) is 22.2 Å². The van der Waals surface area contributed by atoms with Gasteiger partial charge in [0.2, 0.25) is 0 Å². The topological polar surface area (TPSA) is 74.6 Å². The molecule has 42 heavy (non-hydrogen) atoms. The molecule has 0 unspecified atom stereocenters. The third-order valence-corrected chi connectivity index (χ3v) is 7.80. The molecular weight excluding hydrogens is 520 g/mol. The van der Waals surface area contributed by atoms with E-state index in [1.54, 1.807) is 0 Å². The summed E-state index contributed by atoms with van der Waals surface area (Å²) in [5.41, 5.74) is 0. The number of rotatable bonds is 32. The SMILES string of the molecule is CCCCCCCC/C=C\CCCCCCCC(=O)O.CCCCCCCCCC/C=C\CCCCCCCC(=O)O. The third kappa shape index (κ3) is 45.4. The molecule has 0 spiro atoms. The number of carboxylic acid groups (broad SMARTS) is 2. The Bertz CT molecular complexity index is 596. The van der Waals surface area contributed by atoms with Crippen LogP contribution in [0.2, 0.25) is 0 Å². The monoisotopic (exact) mass is 593 g/mol. The second kappa shape index (κ2) is 39.4. The standard InChI is InChI=1S/C20H38O2.C18H34O2/c1-2-3-4-5-6-7-8-9-10-11-12-13-14-15-16-17-18-19-20(21)22;1-2-3-4-5-6-7-8-9-10-11-12-13-14-15-16-17-18(19)20/h11-12H,2-10,13-19H2,1H3,(H,21,22);9-10H,2-8,11-17H2,1H3,(H,19,20)/b12-11-;10-9-. The van der Waals surface area contributed by atoms with Crippen LogP contribution in [0.1, 0.15) is 206 Å². The second-order valence-corrected chi connectivity index (χ2v) is 12.2. The van der Waals surface area contributed by atoms with Gasteiger partial charge in [0.15, 0.2) is 0 Å². The van der Waals surface area contributed by atoms with Crippen LogP contribution in [0.5, 0.6) is 0 Å². The molecule has 0 saturated carbocycles. The predicted molar refractivity (Wildman–Crippen MR) is 183 cm³/mol. The van der Waals surface area contributed by atoms with Crippen molar-refractivity contribution < 1.29 is 19.8 Å².